The summed E-state index contributed by atoms with van der Waals surface area (Å²) in [5.74, 6) is -0.449. The molecule has 0 bridgehead atoms. The van der Waals surface area contributed by atoms with Gasteiger partial charge >= 0.3 is 0 Å². The summed E-state index contributed by atoms with van der Waals surface area (Å²) in [6.45, 7) is 3.37. The second-order valence-electron chi connectivity index (χ2n) is 6.24. The standard InChI is InChI=1S/C19H21ClFN3S/c20-17-12-16(8-9-18(17)21)23-19(25)22-15-6-4-14(5-7-15)13-24-10-2-1-3-11-24/h4-9,12H,1-3,10-11,13H2,(H2,22,23,25). The number of rotatable bonds is 4. The monoisotopic (exact) mass is 377 g/mol. The maximum absolute atomic E-state index is 13.2. The first-order valence-electron chi connectivity index (χ1n) is 8.44. The number of halogens is 2. The smallest absolute Gasteiger partial charge is 0.175 e. The molecule has 2 aromatic carbocycles. The molecule has 2 aromatic rings. The summed E-state index contributed by atoms with van der Waals surface area (Å²) in [5, 5.41) is 6.63. The lowest BCUT2D eigenvalue weighted by Crippen LogP contribution is -2.29. The fraction of sp³-hybridized carbons (Fsp3) is 0.316. The van der Waals surface area contributed by atoms with Gasteiger partial charge in [0.05, 0.1) is 5.02 Å². The molecule has 6 heteroatoms. The van der Waals surface area contributed by atoms with E-state index in [-0.39, 0.29) is 5.02 Å². The zero-order chi connectivity index (χ0) is 17.6. The molecule has 25 heavy (non-hydrogen) atoms. The zero-order valence-corrected chi connectivity index (χ0v) is 15.5. The molecule has 1 saturated heterocycles. The van der Waals surface area contributed by atoms with Gasteiger partial charge in [0.2, 0.25) is 0 Å². The van der Waals surface area contributed by atoms with Crippen molar-refractivity contribution < 1.29 is 4.39 Å². The molecule has 0 radical (unpaired) electrons. The van der Waals surface area contributed by atoms with Crippen molar-refractivity contribution in [2.75, 3.05) is 23.7 Å². The highest BCUT2D eigenvalue weighted by atomic mass is 35.5. The van der Waals surface area contributed by atoms with E-state index >= 15 is 0 Å². The van der Waals surface area contributed by atoms with Gasteiger partial charge in [-0.1, -0.05) is 30.2 Å². The molecular formula is C19H21ClFN3S. The van der Waals surface area contributed by atoms with Crippen LogP contribution in [0, 0.1) is 5.82 Å². The van der Waals surface area contributed by atoms with E-state index in [4.69, 9.17) is 23.8 Å². The van der Waals surface area contributed by atoms with Crippen LogP contribution in [-0.4, -0.2) is 23.1 Å². The number of benzene rings is 2. The van der Waals surface area contributed by atoms with Crippen LogP contribution in [0.25, 0.3) is 0 Å². The molecule has 3 nitrogen and oxygen atoms in total. The van der Waals surface area contributed by atoms with Crippen molar-refractivity contribution in [2.45, 2.75) is 25.8 Å². The maximum Gasteiger partial charge on any atom is 0.175 e. The third kappa shape index (κ3) is 5.39. The Balaban J connectivity index is 1.53. The summed E-state index contributed by atoms with van der Waals surface area (Å²) in [4.78, 5) is 2.50. The van der Waals surface area contributed by atoms with Gasteiger partial charge in [-0.3, -0.25) is 4.90 Å². The first-order valence-corrected chi connectivity index (χ1v) is 9.23. The van der Waals surface area contributed by atoms with Crippen molar-refractivity contribution in [2.24, 2.45) is 0 Å². The predicted octanol–water partition coefficient (Wildman–Crippen LogP) is 5.27. The van der Waals surface area contributed by atoms with Gasteiger partial charge in [0.1, 0.15) is 5.82 Å². The fourth-order valence-corrected chi connectivity index (χ4v) is 3.35. The Morgan fingerprint density at radius 1 is 1.00 bits per heavy atom. The number of thiocarbonyl (C=S) groups is 1. The van der Waals surface area contributed by atoms with Crippen LogP contribution in [0.15, 0.2) is 42.5 Å². The van der Waals surface area contributed by atoms with Crippen LogP contribution in [0.5, 0.6) is 0 Å². The van der Waals surface area contributed by atoms with E-state index in [1.54, 1.807) is 6.07 Å². The van der Waals surface area contributed by atoms with E-state index in [0.29, 0.717) is 10.8 Å². The maximum atomic E-state index is 13.2. The van der Waals surface area contributed by atoms with Gasteiger partial charge in [-0.25, -0.2) is 4.39 Å². The third-order valence-electron chi connectivity index (χ3n) is 4.24. The van der Waals surface area contributed by atoms with Crippen molar-refractivity contribution in [1.82, 2.24) is 4.90 Å². The second-order valence-corrected chi connectivity index (χ2v) is 7.06. The molecule has 0 aromatic heterocycles. The second kappa shape index (κ2) is 8.61. The number of hydrogen-bond donors (Lipinski definition) is 2. The summed E-state index contributed by atoms with van der Waals surface area (Å²) in [5.41, 5.74) is 2.86. The zero-order valence-electron chi connectivity index (χ0n) is 13.9. The van der Waals surface area contributed by atoms with Gasteiger partial charge < -0.3 is 10.6 Å². The van der Waals surface area contributed by atoms with Gasteiger partial charge in [-0.05, 0) is 74.0 Å². The van der Waals surface area contributed by atoms with Crippen LogP contribution < -0.4 is 10.6 Å². The number of nitrogens with one attached hydrogen (secondary N) is 2. The van der Waals surface area contributed by atoms with Crippen LogP contribution >= 0.6 is 23.8 Å². The normalized spacial score (nSPS) is 15.0. The minimum Gasteiger partial charge on any atom is -0.332 e. The van der Waals surface area contributed by atoms with Crippen LogP contribution in [0.2, 0.25) is 5.02 Å². The molecule has 0 atom stereocenters. The number of piperidine rings is 1. The Morgan fingerprint density at radius 3 is 2.32 bits per heavy atom. The SMILES string of the molecule is Fc1ccc(NC(=S)Nc2ccc(CN3CCCCC3)cc2)cc1Cl. The Kier molecular flexibility index (Phi) is 6.24. The summed E-state index contributed by atoms with van der Waals surface area (Å²) in [6, 6.07) is 12.7. The molecule has 0 amide bonds. The molecule has 1 aliphatic heterocycles. The summed E-state index contributed by atoms with van der Waals surface area (Å²) in [7, 11) is 0. The Hall–Kier alpha value is -1.69. The van der Waals surface area contributed by atoms with E-state index < -0.39 is 5.82 Å². The lowest BCUT2D eigenvalue weighted by molar-refractivity contribution is 0.221. The third-order valence-corrected chi connectivity index (χ3v) is 4.74. The minimum absolute atomic E-state index is 0.0647. The topological polar surface area (TPSA) is 27.3 Å². The highest BCUT2D eigenvalue weighted by Crippen LogP contribution is 2.20. The van der Waals surface area contributed by atoms with Crippen molar-refractivity contribution >= 4 is 40.3 Å². The van der Waals surface area contributed by atoms with Crippen LogP contribution in [0.1, 0.15) is 24.8 Å². The number of likely N-dealkylation sites (tertiary alicyclic amines) is 1. The highest BCUT2D eigenvalue weighted by Gasteiger charge is 2.10. The molecule has 132 valence electrons. The Morgan fingerprint density at radius 2 is 1.64 bits per heavy atom. The number of nitrogens with zero attached hydrogens (tertiary/aromatic N) is 1. The summed E-state index contributed by atoms with van der Waals surface area (Å²) >= 11 is 11.1. The van der Waals surface area contributed by atoms with Crippen LogP contribution in [-0.2, 0) is 6.54 Å². The molecule has 0 aliphatic carbocycles. The van der Waals surface area contributed by atoms with E-state index in [1.165, 1.54) is 50.0 Å². The molecule has 1 fully saturated rings. The number of anilines is 2. The molecule has 0 spiro atoms. The molecular weight excluding hydrogens is 357 g/mol. The Bertz CT molecular complexity index is 730. The quantitative estimate of drug-likeness (QED) is 0.709. The van der Waals surface area contributed by atoms with Gasteiger partial charge in [-0.2, -0.15) is 0 Å². The highest BCUT2D eigenvalue weighted by molar-refractivity contribution is 7.80. The van der Waals surface area contributed by atoms with Crippen molar-refractivity contribution in [3.05, 3.63) is 58.9 Å². The molecule has 0 unspecified atom stereocenters. The first-order chi connectivity index (χ1) is 12.1. The molecule has 0 saturated carbocycles. The van der Waals surface area contributed by atoms with Gasteiger partial charge in [-0.15, -0.1) is 0 Å². The van der Waals surface area contributed by atoms with E-state index in [9.17, 15) is 4.39 Å². The number of hydrogen-bond acceptors (Lipinski definition) is 2. The first kappa shape index (κ1) is 18.1. The predicted molar refractivity (Wildman–Crippen MR) is 107 cm³/mol. The van der Waals surface area contributed by atoms with E-state index in [2.05, 4.69) is 27.7 Å². The fourth-order valence-electron chi connectivity index (χ4n) is 2.94. The van der Waals surface area contributed by atoms with Crippen molar-refractivity contribution in [3.8, 4) is 0 Å². The van der Waals surface area contributed by atoms with Gasteiger partial charge in [0, 0.05) is 17.9 Å². The summed E-state index contributed by atoms with van der Waals surface area (Å²) in [6.07, 6.45) is 3.95. The average molecular weight is 378 g/mol. The molecule has 1 aliphatic rings. The molecule has 3 rings (SSSR count). The van der Waals surface area contributed by atoms with E-state index in [0.717, 1.165) is 12.2 Å². The lowest BCUT2D eigenvalue weighted by atomic mass is 10.1. The summed E-state index contributed by atoms with van der Waals surface area (Å²) < 4.78 is 13.2. The van der Waals surface area contributed by atoms with Crippen molar-refractivity contribution in [3.63, 3.8) is 0 Å². The average Bonchev–Trinajstić information content (AvgIpc) is 2.61. The van der Waals surface area contributed by atoms with Crippen LogP contribution in [0.3, 0.4) is 0 Å². The van der Waals surface area contributed by atoms with Gasteiger partial charge in [0.25, 0.3) is 0 Å². The lowest BCUT2D eigenvalue weighted by Gasteiger charge is -2.26. The minimum atomic E-state index is -0.449. The largest absolute Gasteiger partial charge is 0.332 e. The van der Waals surface area contributed by atoms with Gasteiger partial charge in [0.15, 0.2) is 5.11 Å². The molecule has 2 N–H and O–H groups in total. The Labute approximate surface area is 158 Å². The van der Waals surface area contributed by atoms with Crippen molar-refractivity contribution in [1.29, 1.82) is 0 Å². The van der Waals surface area contributed by atoms with Crippen LogP contribution in [0.4, 0.5) is 15.8 Å². The molecule has 1 heterocycles. The van der Waals surface area contributed by atoms with E-state index in [1.807, 2.05) is 12.1 Å².